The summed E-state index contributed by atoms with van der Waals surface area (Å²) in [6.45, 7) is 2.09. The minimum Gasteiger partial charge on any atom is -0.497 e. The van der Waals surface area contributed by atoms with Gasteiger partial charge in [-0.15, -0.1) is 0 Å². The Morgan fingerprint density at radius 2 is 2.00 bits per heavy atom. The van der Waals surface area contributed by atoms with E-state index >= 15 is 0 Å². The Hall–Kier alpha value is -3.50. The molecule has 0 saturated carbocycles. The number of ether oxygens (including phenoxy) is 1. The molecule has 0 atom stereocenters. The molecular formula is C24H22N4O2S. The van der Waals surface area contributed by atoms with Crippen molar-refractivity contribution in [3.63, 3.8) is 0 Å². The van der Waals surface area contributed by atoms with Gasteiger partial charge in [0.2, 0.25) is 5.91 Å². The fraction of sp³-hybridized carbons (Fsp3) is 0.208. The second-order valence-corrected chi connectivity index (χ2v) is 8.07. The molecule has 0 bridgehead atoms. The quantitative estimate of drug-likeness (QED) is 0.415. The molecule has 6 nitrogen and oxygen atoms in total. The molecule has 2 heterocycles. The van der Waals surface area contributed by atoms with Gasteiger partial charge in [-0.2, -0.15) is 5.26 Å². The predicted molar refractivity (Wildman–Crippen MR) is 124 cm³/mol. The lowest BCUT2D eigenvalue weighted by atomic mass is 10.1. The number of anilines is 1. The van der Waals surface area contributed by atoms with Crippen molar-refractivity contribution in [1.82, 2.24) is 9.38 Å². The third-order valence-electron chi connectivity index (χ3n) is 4.98. The maximum Gasteiger partial charge on any atom is 0.234 e. The number of carbonyl (C=O) groups is 1. The van der Waals surface area contributed by atoms with E-state index in [4.69, 9.17) is 9.72 Å². The number of imidazole rings is 1. The fourth-order valence-electron chi connectivity index (χ4n) is 3.55. The molecule has 0 radical (unpaired) electrons. The predicted octanol–water partition coefficient (Wildman–Crippen LogP) is 5.05. The Morgan fingerprint density at radius 1 is 1.23 bits per heavy atom. The van der Waals surface area contributed by atoms with Gasteiger partial charge in [-0.25, -0.2) is 4.98 Å². The standard InChI is InChI=1S/C24H22N4O2S/c1-3-6-16-13-23(31-15-22(29)26-17-9-11-18(30-2)12-10-17)28-21-8-5-4-7-20(21)27-24(28)19(16)14-25/h4-5,7-13H,3,6,15H2,1-2H3,(H,26,29). The molecule has 0 aliphatic rings. The average molecular weight is 431 g/mol. The van der Waals surface area contributed by atoms with Gasteiger partial charge in [-0.1, -0.05) is 37.2 Å². The van der Waals surface area contributed by atoms with Gasteiger partial charge in [0.15, 0.2) is 5.65 Å². The maximum atomic E-state index is 12.6. The number of hydrogen-bond acceptors (Lipinski definition) is 5. The molecule has 0 aliphatic carbocycles. The lowest BCUT2D eigenvalue weighted by Gasteiger charge is -2.12. The van der Waals surface area contributed by atoms with Crippen LogP contribution in [0, 0.1) is 11.3 Å². The van der Waals surface area contributed by atoms with E-state index in [-0.39, 0.29) is 11.7 Å². The summed E-state index contributed by atoms with van der Waals surface area (Å²) in [6.07, 6.45) is 1.71. The second kappa shape index (κ2) is 9.11. The molecule has 0 aliphatic heterocycles. The van der Waals surface area contributed by atoms with Crippen molar-refractivity contribution in [1.29, 1.82) is 5.26 Å². The van der Waals surface area contributed by atoms with Gasteiger partial charge < -0.3 is 10.1 Å². The number of thioether (sulfide) groups is 1. The van der Waals surface area contributed by atoms with Crippen LogP contribution in [-0.4, -0.2) is 28.2 Å². The molecule has 156 valence electrons. The summed E-state index contributed by atoms with van der Waals surface area (Å²) in [5.74, 6) is 0.877. The van der Waals surface area contributed by atoms with Gasteiger partial charge in [0.25, 0.3) is 0 Å². The lowest BCUT2D eigenvalue weighted by molar-refractivity contribution is -0.113. The van der Waals surface area contributed by atoms with Crippen LogP contribution < -0.4 is 10.1 Å². The van der Waals surface area contributed by atoms with Gasteiger partial charge in [-0.3, -0.25) is 9.20 Å². The monoisotopic (exact) mass is 430 g/mol. The summed E-state index contributed by atoms with van der Waals surface area (Å²) in [5, 5.41) is 13.6. The van der Waals surface area contributed by atoms with Gasteiger partial charge in [0.05, 0.1) is 34.5 Å². The lowest BCUT2D eigenvalue weighted by Crippen LogP contribution is -2.14. The molecule has 7 heteroatoms. The largest absolute Gasteiger partial charge is 0.497 e. The fourth-order valence-corrected chi connectivity index (χ4v) is 4.44. The van der Waals surface area contributed by atoms with Crippen LogP contribution in [0.3, 0.4) is 0 Å². The first-order chi connectivity index (χ1) is 15.1. The van der Waals surface area contributed by atoms with E-state index in [1.165, 1.54) is 11.8 Å². The number of benzene rings is 2. The van der Waals surface area contributed by atoms with Crippen molar-refractivity contribution in [2.45, 2.75) is 24.8 Å². The first kappa shape index (κ1) is 20.8. The summed E-state index contributed by atoms with van der Waals surface area (Å²) in [5.41, 5.74) is 4.69. The molecule has 31 heavy (non-hydrogen) atoms. The molecule has 0 fully saturated rings. The van der Waals surface area contributed by atoms with Crippen molar-refractivity contribution in [2.75, 3.05) is 18.2 Å². The zero-order valence-electron chi connectivity index (χ0n) is 17.4. The molecular weight excluding hydrogens is 408 g/mol. The number of carbonyl (C=O) groups excluding carboxylic acids is 1. The minimum absolute atomic E-state index is 0.103. The van der Waals surface area contributed by atoms with Crippen molar-refractivity contribution in [3.05, 3.63) is 65.7 Å². The molecule has 1 N–H and O–H groups in total. The molecule has 0 spiro atoms. The Labute approximate surface area is 184 Å². The first-order valence-corrected chi connectivity index (χ1v) is 11.0. The van der Waals surface area contributed by atoms with Crippen molar-refractivity contribution in [2.24, 2.45) is 0 Å². The highest BCUT2D eigenvalue weighted by Crippen LogP contribution is 2.30. The van der Waals surface area contributed by atoms with Gasteiger partial charge in [0.1, 0.15) is 11.8 Å². The number of nitriles is 1. The summed E-state index contributed by atoms with van der Waals surface area (Å²) >= 11 is 1.44. The van der Waals surface area contributed by atoms with Crippen LogP contribution in [0.2, 0.25) is 0 Å². The highest BCUT2D eigenvalue weighted by Gasteiger charge is 2.17. The maximum absolute atomic E-state index is 12.6. The van der Waals surface area contributed by atoms with E-state index in [0.29, 0.717) is 11.2 Å². The summed E-state index contributed by atoms with van der Waals surface area (Å²) in [6, 6.07) is 19.4. The summed E-state index contributed by atoms with van der Waals surface area (Å²) in [7, 11) is 1.61. The van der Waals surface area contributed by atoms with Gasteiger partial charge in [-0.05, 0) is 54.4 Å². The Balaban J connectivity index is 1.65. The second-order valence-electron chi connectivity index (χ2n) is 7.07. The number of aromatic nitrogens is 2. The van der Waals surface area contributed by atoms with Crippen LogP contribution >= 0.6 is 11.8 Å². The van der Waals surface area contributed by atoms with Crippen molar-refractivity contribution >= 4 is 40.0 Å². The Morgan fingerprint density at radius 3 is 2.71 bits per heavy atom. The zero-order valence-corrected chi connectivity index (χ0v) is 18.2. The van der Waals surface area contributed by atoms with Crippen LogP contribution in [0.1, 0.15) is 24.5 Å². The highest BCUT2D eigenvalue weighted by atomic mass is 32.2. The number of pyridine rings is 1. The van der Waals surface area contributed by atoms with E-state index in [1.54, 1.807) is 7.11 Å². The molecule has 1 amide bonds. The molecule has 2 aromatic heterocycles. The number of amides is 1. The average Bonchev–Trinajstić information content (AvgIpc) is 3.18. The molecule has 4 rings (SSSR count). The third-order valence-corrected chi connectivity index (χ3v) is 5.98. The van der Waals surface area contributed by atoms with E-state index in [2.05, 4.69) is 18.3 Å². The SMILES string of the molecule is CCCc1cc(SCC(=O)Nc2ccc(OC)cc2)n2c(nc3ccccc32)c1C#N. The smallest absolute Gasteiger partial charge is 0.234 e. The zero-order chi connectivity index (χ0) is 21.8. The van der Waals surface area contributed by atoms with Crippen LogP contribution in [-0.2, 0) is 11.2 Å². The Kier molecular flexibility index (Phi) is 6.10. The van der Waals surface area contributed by atoms with Gasteiger partial charge in [0, 0.05) is 5.69 Å². The van der Waals surface area contributed by atoms with E-state index in [9.17, 15) is 10.1 Å². The van der Waals surface area contributed by atoms with Gasteiger partial charge >= 0.3 is 0 Å². The number of nitrogens with one attached hydrogen (secondary N) is 1. The first-order valence-electron chi connectivity index (χ1n) is 10.0. The number of nitrogens with zero attached hydrogens (tertiary/aromatic N) is 3. The number of hydrogen-bond donors (Lipinski definition) is 1. The molecule has 2 aromatic carbocycles. The number of methoxy groups -OCH3 is 1. The summed E-state index contributed by atoms with van der Waals surface area (Å²) in [4.78, 5) is 17.3. The van der Waals surface area contributed by atoms with Crippen LogP contribution in [0.15, 0.2) is 59.6 Å². The minimum atomic E-state index is -0.103. The number of rotatable bonds is 7. The van der Waals surface area contributed by atoms with Crippen LogP contribution in [0.25, 0.3) is 16.7 Å². The van der Waals surface area contributed by atoms with Crippen molar-refractivity contribution in [3.8, 4) is 11.8 Å². The number of fused-ring (bicyclic) bond motifs is 3. The van der Waals surface area contributed by atoms with Crippen molar-refractivity contribution < 1.29 is 9.53 Å². The number of para-hydroxylation sites is 2. The van der Waals surface area contributed by atoms with Crippen LogP contribution in [0.5, 0.6) is 5.75 Å². The highest BCUT2D eigenvalue weighted by molar-refractivity contribution is 7.99. The Bertz CT molecular complexity index is 1290. The number of aryl methyl sites for hydroxylation is 1. The van der Waals surface area contributed by atoms with E-state index in [1.807, 2.05) is 59.0 Å². The topological polar surface area (TPSA) is 79.4 Å². The van der Waals surface area contributed by atoms with Crippen LogP contribution in [0.4, 0.5) is 5.69 Å². The molecule has 0 saturated heterocycles. The van der Waals surface area contributed by atoms with E-state index < -0.39 is 0 Å². The third kappa shape index (κ3) is 4.21. The normalized spacial score (nSPS) is 10.9. The summed E-state index contributed by atoms with van der Waals surface area (Å²) < 4.78 is 7.13. The molecule has 0 unspecified atom stereocenters. The molecule has 4 aromatic rings. The van der Waals surface area contributed by atoms with E-state index in [0.717, 1.165) is 45.9 Å².